The SMILES string of the molecule is CC(C)[C@@]1(OO[Si](C)(C)C)CC[C@@H](C)CC1=O. The highest BCUT2D eigenvalue weighted by molar-refractivity contribution is 6.69. The van der Waals surface area contributed by atoms with Crippen LogP contribution >= 0.6 is 0 Å². The number of hydrogen-bond donors (Lipinski definition) is 0. The summed E-state index contributed by atoms with van der Waals surface area (Å²) < 4.78 is 5.56. The molecule has 0 aromatic rings. The fraction of sp³-hybridized carbons (Fsp3) is 0.923. The average Bonchev–Trinajstić information content (AvgIpc) is 2.15. The van der Waals surface area contributed by atoms with Gasteiger partial charge < -0.3 is 0 Å². The average molecular weight is 258 g/mol. The minimum absolute atomic E-state index is 0.166. The molecule has 1 aliphatic rings. The number of Topliss-reactive ketones (excluding diaryl/α,β-unsaturated/α-hetero) is 1. The van der Waals surface area contributed by atoms with E-state index in [-0.39, 0.29) is 11.7 Å². The van der Waals surface area contributed by atoms with Crippen molar-refractivity contribution in [1.82, 2.24) is 0 Å². The summed E-state index contributed by atoms with van der Waals surface area (Å²) >= 11 is 0. The van der Waals surface area contributed by atoms with Gasteiger partial charge in [-0.15, -0.1) is 0 Å². The Morgan fingerprint density at radius 2 is 1.94 bits per heavy atom. The van der Waals surface area contributed by atoms with Crippen molar-refractivity contribution in [2.24, 2.45) is 11.8 Å². The molecule has 0 N–H and O–H groups in total. The summed E-state index contributed by atoms with van der Waals surface area (Å²) in [5.74, 6) is 0.855. The van der Waals surface area contributed by atoms with Crippen LogP contribution in [0.4, 0.5) is 0 Å². The van der Waals surface area contributed by atoms with E-state index < -0.39 is 13.9 Å². The van der Waals surface area contributed by atoms with Gasteiger partial charge in [0.2, 0.25) is 8.32 Å². The van der Waals surface area contributed by atoms with Gasteiger partial charge in [0.25, 0.3) is 0 Å². The fourth-order valence-corrected chi connectivity index (χ4v) is 2.58. The van der Waals surface area contributed by atoms with Gasteiger partial charge in [-0.2, -0.15) is 0 Å². The van der Waals surface area contributed by atoms with E-state index >= 15 is 0 Å². The highest BCUT2D eigenvalue weighted by Gasteiger charge is 2.47. The van der Waals surface area contributed by atoms with Crippen LogP contribution in [0.5, 0.6) is 0 Å². The van der Waals surface area contributed by atoms with E-state index in [1.54, 1.807) is 0 Å². The molecule has 1 rings (SSSR count). The molecule has 0 aromatic carbocycles. The van der Waals surface area contributed by atoms with Gasteiger partial charge in [0, 0.05) is 6.42 Å². The summed E-state index contributed by atoms with van der Waals surface area (Å²) in [6.45, 7) is 12.4. The Hall–Kier alpha value is -0.193. The Morgan fingerprint density at radius 3 is 2.35 bits per heavy atom. The standard InChI is InChI=1S/C13H26O3Si/c1-10(2)13(15-16-17(4,5)6)8-7-11(3)9-12(13)14/h10-11H,7-9H2,1-6H3/t11-,13+/m1/s1. The van der Waals surface area contributed by atoms with Crippen molar-refractivity contribution in [3.63, 3.8) is 0 Å². The summed E-state index contributed by atoms with van der Waals surface area (Å²) in [6, 6.07) is 0. The predicted molar refractivity (Wildman–Crippen MR) is 71.1 cm³/mol. The van der Waals surface area contributed by atoms with Gasteiger partial charge >= 0.3 is 0 Å². The van der Waals surface area contributed by atoms with Gasteiger partial charge in [-0.1, -0.05) is 20.8 Å². The van der Waals surface area contributed by atoms with Crippen molar-refractivity contribution >= 4 is 14.1 Å². The third-order valence-corrected chi connectivity index (χ3v) is 3.97. The molecule has 0 amide bonds. The third kappa shape index (κ3) is 3.63. The zero-order valence-electron chi connectivity index (χ0n) is 12.0. The number of carbonyl (C=O) groups is 1. The van der Waals surface area contributed by atoms with E-state index in [1.165, 1.54) is 0 Å². The molecular weight excluding hydrogens is 232 g/mol. The maximum atomic E-state index is 12.3. The lowest BCUT2D eigenvalue weighted by atomic mass is 9.73. The second-order valence-electron chi connectivity index (χ2n) is 6.59. The van der Waals surface area contributed by atoms with Crippen LogP contribution < -0.4 is 0 Å². The van der Waals surface area contributed by atoms with E-state index in [2.05, 4.69) is 26.6 Å². The summed E-state index contributed by atoms with van der Waals surface area (Å²) in [7, 11) is -1.76. The lowest BCUT2D eigenvalue weighted by Crippen LogP contribution is -2.51. The van der Waals surface area contributed by atoms with Crippen LogP contribution in [0, 0.1) is 11.8 Å². The Kier molecular flexibility index (Phi) is 4.55. The molecule has 1 saturated carbocycles. The molecule has 0 spiro atoms. The molecule has 0 aromatic heterocycles. The van der Waals surface area contributed by atoms with Crippen molar-refractivity contribution < 1.29 is 14.3 Å². The molecule has 3 nitrogen and oxygen atoms in total. The molecule has 1 aliphatic carbocycles. The van der Waals surface area contributed by atoms with Gasteiger partial charge in [-0.3, -0.25) is 9.37 Å². The Balaban J connectivity index is 2.79. The van der Waals surface area contributed by atoms with Crippen molar-refractivity contribution in [2.75, 3.05) is 0 Å². The van der Waals surface area contributed by atoms with Crippen molar-refractivity contribution in [3.05, 3.63) is 0 Å². The van der Waals surface area contributed by atoms with E-state index in [9.17, 15) is 4.79 Å². The first-order chi connectivity index (χ1) is 7.67. The molecule has 0 radical (unpaired) electrons. The Labute approximate surface area is 106 Å². The number of carbonyl (C=O) groups excluding carboxylic acids is 1. The molecule has 2 atom stereocenters. The van der Waals surface area contributed by atoms with E-state index in [4.69, 9.17) is 9.46 Å². The monoisotopic (exact) mass is 258 g/mol. The zero-order chi connectivity index (χ0) is 13.3. The molecule has 0 unspecified atom stereocenters. The third-order valence-electron chi connectivity index (χ3n) is 3.39. The fourth-order valence-electron chi connectivity index (χ4n) is 2.19. The topological polar surface area (TPSA) is 35.5 Å². The van der Waals surface area contributed by atoms with E-state index in [1.807, 2.05) is 13.8 Å². The van der Waals surface area contributed by atoms with Gasteiger partial charge in [0.1, 0.15) is 0 Å². The van der Waals surface area contributed by atoms with Crippen LogP contribution in [-0.4, -0.2) is 19.7 Å². The van der Waals surface area contributed by atoms with Crippen LogP contribution in [0.1, 0.15) is 40.0 Å². The first kappa shape index (κ1) is 14.9. The highest BCUT2D eigenvalue weighted by atomic mass is 28.4. The van der Waals surface area contributed by atoms with Gasteiger partial charge in [0.15, 0.2) is 11.4 Å². The molecule has 17 heavy (non-hydrogen) atoms. The smallest absolute Gasteiger partial charge is 0.230 e. The molecule has 1 fully saturated rings. The summed E-state index contributed by atoms with van der Waals surface area (Å²) in [4.78, 5) is 18.0. The highest BCUT2D eigenvalue weighted by Crippen LogP contribution is 2.38. The van der Waals surface area contributed by atoms with E-state index in [0.29, 0.717) is 12.3 Å². The lowest BCUT2D eigenvalue weighted by molar-refractivity contribution is -0.307. The number of ketones is 1. The summed E-state index contributed by atoms with van der Waals surface area (Å²) in [6.07, 6.45) is 2.45. The maximum absolute atomic E-state index is 12.3. The van der Waals surface area contributed by atoms with Crippen molar-refractivity contribution in [2.45, 2.75) is 65.3 Å². The van der Waals surface area contributed by atoms with Crippen LogP contribution in [0.3, 0.4) is 0 Å². The van der Waals surface area contributed by atoms with Gasteiger partial charge in [0.05, 0.1) is 0 Å². The van der Waals surface area contributed by atoms with Crippen LogP contribution in [0.25, 0.3) is 0 Å². The van der Waals surface area contributed by atoms with Gasteiger partial charge in [-0.25, -0.2) is 4.89 Å². The normalized spacial score (nSPS) is 31.0. The predicted octanol–water partition coefficient (Wildman–Crippen LogP) is 3.55. The molecule has 0 saturated heterocycles. The van der Waals surface area contributed by atoms with Crippen LogP contribution in [0.15, 0.2) is 0 Å². The molecule has 0 heterocycles. The first-order valence-corrected chi connectivity index (χ1v) is 9.98. The van der Waals surface area contributed by atoms with Gasteiger partial charge in [-0.05, 0) is 44.3 Å². The lowest BCUT2D eigenvalue weighted by Gasteiger charge is -2.40. The van der Waals surface area contributed by atoms with E-state index in [0.717, 1.165) is 12.8 Å². The molecule has 0 bridgehead atoms. The van der Waals surface area contributed by atoms with Crippen molar-refractivity contribution in [1.29, 1.82) is 0 Å². The zero-order valence-corrected chi connectivity index (χ0v) is 13.0. The van der Waals surface area contributed by atoms with Crippen LogP contribution in [-0.2, 0) is 14.3 Å². The molecule has 4 heteroatoms. The minimum atomic E-state index is -1.76. The molecule has 0 aliphatic heterocycles. The first-order valence-electron chi connectivity index (χ1n) is 6.57. The summed E-state index contributed by atoms with van der Waals surface area (Å²) in [5, 5.41) is 0. The second kappa shape index (κ2) is 5.20. The molecular formula is C13H26O3Si. The summed E-state index contributed by atoms with van der Waals surface area (Å²) in [5.41, 5.74) is -0.702. The number of hydrogen-bond acceptors (Lipinski definition) is 3. The van der Waals surface area contributed by atoms with Crippen LogP contribution in [0.2, 0.25) is 19.6 Å². The van der Waals surface area contributed by atoms with Crippen molar-refractivity contribution in [3.8, 4) is 0 Å². The molecule has 100 valence electrons. The number of rotatable bonds is 4. The largest absolute Gasteiger partial charge is 0.296 e. The Morgan fingerprint density at radius 1 is 1.35 bits per heavy atom. The maximum Gasteiger partial charge on any atom is 0.230 e. The minimum Gasteiger partial charge on any atom is -0.296 e. The quantitative estimate of drug-likeness (QED) is 0.439. The second-order valence-corrected chi connectivity index (χ2v) is 11.0. The Bertz CT molecular complexity index is 283.